The number of aryl methyl sites for hydroxylation is 1. The van der Waals surface area contributed by atoms with Gasteiger partial charge in [-0.15, -0.1) is 0 Å². The summed E-state index contributed by atoms with van der Waals surface area (Å²) < 4.78 is 0. The van der Waals surface area contributed by atoms with E-state index in [-0.39, 0.29) is 23.8 Å². The van der Waals surface area contributed by atoms with Crippen LogP contribution in [0.25, 0.3) is 0 Å². The van der Waals surface area contributed by atoms with Gasteiger partial charge < -0.3 is 10.6 Å². The highest BCUT2D eigenvalue weighted by atomic mass is 16.2. The summed E-state index contributed by atoms with van der Waals surface area (Å²) in [6, 6.07) is 7.62. The van der Waals surface area contributed by atoms with Crippen molar-refractivity contribution in [2.24, 2.45) is 0 Å². The van der Waals surface area contributed by atoms with Crippen molar-refractivity contribution in [2.75, 3.05) is 5.32 Å². The number of hydrogen-bond acceptors (Lipinski definition) is 2. The normalized spacial score (nSPS) is 10.9. The van der Waals surface area contributed by atoms with Crippen molar-refractivity contribution < 1.29 is 9.59 Å². The molecule has 0 aliphatic carbocycles. The average molecular weight is 262 g/mol. The topological polar surface area (TPSA) is 58.2 Å². The molecular weight excluding hydrogens is 240 g/mol. The van der Waals surface area contributed by atoms with Gasteiger partial charge in [0.05, 0.1) is 0 Å². The molecular formula is C15H22N2O2. The molecule has 0 bridgehead atoms. The zero-order valence-electron chi connectivity index (χ0n) is 12.0. The molecule has 0 fully saturated rings. The molecule has 19 heavy (non-hydrogen) atoms. The van der Waals surface area contributed by atoms with E-state index >= 15 is 0 Å². The van der Waals surface area contributed by atoms with Crippen LogP contribution in [-0.2, 0) is 16.0 Å². The number of hydrogen-bond donors (Lipinski definition) is 2. The molecule has 104 valence electrons. The van der Waals surface area contributed by atoms with E-state index in [1.807, 2.05) is 45.0 Å². The van der Waals surface area contributed by atoms with E-state index in [0.29, 0.717) is 5.69 Å². The molecule has 0 aliphatic rings. The Morgan fingerprint density at radius 1 is 1.05 bits per heavy atom. The minimum Gasteiger partial charge on any atom is -0.351 e. The molecule has 4 nitrogen and oxygen atoms in total. The summed E-state index contributed by atoms with van der Waals surface area (Å²) >= 11 is 0. The molecule has 0 radical (unpaired) electrons. The number of carbonyl (C=O) groups excluding carboxylic acids is 2. The van der Waals surface area contributed by atoms with Crippen molar-refractivity contribution in [1.82, 2.24) is 5.32 Å². The van der Waals surface area contributed by atoms with E-state index in [2.05, 4.69) is 17.6 Å². The second-order valence-corrected chi connectivity index (χ2v) is 5.57. The third kappa shape index (κ3) is 6.04. The first-order valence-corrected chi connectivity index (χ1v) is 6.50. The molecule has 1 aromatic carbocycles. The van der Waals surface area contributed by atoms with Crippen LogP contribution in [0.2, 0.25) is 0 Å². The van der Waals surface area contributed by atoms with Gasteiger partial charge >= 0.3 is 0 Å². The Morgan fingerprint density at radius 3 is 2.11 bits per heavy atom. The molecule has 1 rings (SSSR count). The SMILES string of the molecule is CCc1ccc(NC(=O)CC(=O)NC(C)(C)C)cc1. The third-order valence-electron chi connectivity index (χ3n) is 2.48. The van der Waals surface area contributed by atoms with E-state index in [0.717, 1.165) is 6.42 Å². The minimum absolute atomic E-state index is 0.160. The van der Waals surface area contributed by atoms with Gasteiger partial charge in [-0.1, -0.05) is 19.1 Å². The van der Waals surface area contributed by atoms with Gasteiger partial charge in [0.2, 0.25) is 11.8 Å². The van der Waals surface area contributed by atoms with E-state index in [4.69, 9.17) is 0 Å². The Morgan fingerprint density at radius 2 is 1.63 bits per heavy atom. The lowest BCUT2D eigenvalue weighted by Gasteiger charge is -2.20. The Labute approximate surface area is 114 Å². The van der Waals surface area contributed by atoms with Crippen molar-refractivity contribution in [3.63, 3.8) is 0 Å². The molecule has 0 aliphatic heterocycles. The zero-order chi connectivity index (χ0) is 14.5. The largest absolute Gasteiger partial charge is 0.351 e. The van der Waals surface area contributed by atoms with Gasteiger partial charge in [0.15, 0.2) is 0 Å². The van der Waals surface area contributed by atoms with Crippen molar-refractivity contribution in [3.8, 4) is 0 Å². The van der Waals surface area contributed by atoms with Gasteiger partial charge in [0.25, 0.3) is 0 Å². The van der Waals surface area contributed by atoms with Gasteiger partial charge in [-0.05, 0) is 44.9 Å². The molecule has 2 amide bonds. The van der Waals surface area contributed by atoms with Crippen LogP contribution >= 0.6 is 0 Å². The maximum atomic E-state index is 11.7. The first kappa shape index (κ1) is 15.2. The number of benzene rings is 1. The van der Waals surface area contributed by atoms with Crippen molar-refractivity contribution in [1.29, 1.82) is 0 Å². The van der Waals surface area contributed by atoms with E-state index in [1.165, 1.54) is 5.56 Å². The lowest BCUT2D eigenvalue weighted by molar-refractivity contribution is -0.127. The Kier molecular flexibility index (Phi) is 5.10. The number of rotatable bonds is 4. The predicted octanol–water partition coefficient (Wildman–Crippen LogP) is 2.49. The Bertz CT molecular complexity index is 444. The minimum atomic E-state index is -0.319. The van der Waals surface area contributed by atoms with E-state index in [9.17, 15) is 9.59 Å². The molecule has 1 aromatic rings. The Balaban J connectivity index is 2.48. The zero-order valence-corrected chi connectivity index (χ0v) is 12.0. The maximum Gasteiger partial charge on any atom is 0.233 e. The average Bonchev–Trinajstić information content (AvgIpc) is 2.27. The molecule has 4 heteroatoms. The summed E-state index contributed by atoms with van der Waals surface area (Å²) in [6.45, 7) is 7.72. The van der Waals surface area contributed by atoms with Crippen LogP contribution in [0, 0.1) is 0 Å². The van der Waals surface area contributed by atoms with Gasteiger partial charge in [-0.2, -0.15) is 0 Å². The van der Waals surface area contributed by atoms with E-state index in [1.54, 1.807) is 0 Å². The van der Waals surface area contributed by atoms with Crippen LogP contribution in [-0.4, -0.2) is 17.4 Å². The summed E-state index contributed by atoms with van der Waals surface area (Å²) in [4.78, 5) is 23.3. The van der Waals surface area contributed by atoms with Crippen LogP contribution in [0.1, 0.15) is 39.7 Å². The monoisotopic (exact) mass is 262 g/mol. The highest BCUT2D eigenvalue weighted by molar-refractivity contribution is 6.03. The first-order chi connectivity index (χ1) is 8.80. The quantitative estimate of drug-likeness (QED) is 0.819. The van der Waals surface area contributed by atoms with Crippen molar-refractivity contribution in [2.45, 2.75) is 46.1 Å². The van der Waals surface area contributed by atoms with Gasteiger partial charge in [-0.25, -0.2) is 0 Å². The summed E-state index contributed by atoms with van der Waals surface area (Å²) in [5, 5.41) is 5.46. The molecule has 0 saturated carbocycles. The molecule has 0 saturated heterocycles. The molecule has 0 heterocycles. The summed E-state index contributed by atoms with van der Waals surface area (Å²) in [6.07, 6.45) is 0.801. The van der Waals surface area contributed by atoms with E-state index < -0.39 is 0 Å². The van der Waals surface area contributed by atoms with Crippen molar-refractivity contribution in [3.05, 3.63) is 29.8 Å². The van der Waals surface area contributed by atoms with Crippen LogP contribution in [0.4, 0.5) is 5.69 Å². The molecule has 0 spiro atoms. The lowest BCUT2D eigenvalue weighted by Crippen LogP contribution is -2.41. The number of amides is 2. The van der Waals surface area contributed by atoms with Gasteiger partial charge in [-0.3, -0.25) is 9.59 Å². The van der Waals surface area contributed by atoms with Gasteiger partial charge in [0, 0.05) is 11.2 Å². The molecule has 0 unspecified atom stereocenters. The molecule has 0 atom stereocenters. The van der Waals surface area contributed by atoms with Crippen LogP contribution < -0.4 is 10.6 Å². The Hall–Kier alpha value is -1.84. The summed E-state index contributed by atoms with van der Waals surface area (Å²) in [5.41, 5.74) is 1.61. The second-order valence-electron chi connectivity index (χ2n) is 5.57. The highest BCUT2D eigenvalue weighted by Crippen LogP contribution is 2.10. The van der Waals surface area contributed by atoms with Crippen LogP contribution in [0.5, 0.6) is 0 Å². The fraction of sp³-hybridized carbons (Fsp3) is 0.467. The first-order valence-electron chi connectivity index (χ1n) is 6.50. The lowest BCUT2D eigenvalue weighted by atomic mass is 10.1. The number of anilines is 1. The fourth-order valence-corrected chi connectivity index (χ4v) is 1.64. The highest BCUT2D eigenvalue weighted by Gasteiger charge is 2.16. The summed E-state index contributed by atoms with van der Waals surface area (Å²) in [7, 11) is 0. The fourth-order valence-electron chi connectivity index (χ4n) is 1.64. The molecule has 0 aromatic heterocycles. The second kappa shape index (κ2) is 6.36. The molecule has 2 N–H and O–H groups in total. The number of carbonyl (C=O) groups is 2. The third-order valence-corrected chi connectivity index (χ3v) is 2.48. The smallest absolute Gasteiger partial charge is 0.233 e. The van der Waals surface area contributed by atoms with Crippen LogP contribution in [0.15, 0.2) is 24.3 Å². The summed E-state index contributed by atoms with van der Waals surface area (Å²) in [5.74, 6) is -0.568. The number of nitrogens with one attached hydrogen (secondary N) is 2. The standard InChI is InChI=1S/C15H22N2O2/c1-5-11-6-8-12(9-7-11)16-13(18)10-14(19)17-15(2,3)4/h6-9H,5,10H2,1-4H3,(H,16,18)(H,17,19). The van der Waals surface area contributed by atoms with Crippen LogP contribution in [0.3, 0.4) is 0 Å². The predicted molar refractivity (Wildman–Crippen MR) is 77.0 cm³/mol. The van der Waals surface area contributed by atoms with Gasteiger partial charge in [0.1, 0.15) is 6.42 Å². The maximum absolute atomic E-state index is 11.7. The van der Waals surface area contributed by atoms with Crippen molar-refractivity contribution >= 4 is 17.5 Å².